The number of hydrogen-bond donors (Lipinski definition) is 1. The number of thioether (sulfide) groups is 1. The molecule has 1 unspecified atom stereocenters. The minimum atomic E-state index is 0.126. The molecule has 1 atom stereocenters. The van der Waals surface area contributed by atoms with E-state index in [1.165, 1.54) is 24.3 Å². The average molecular weight is 294 g/mol. The SMILES string of the molecule is COc1ccc(NC2CCOC3(CCSCC3)C2)cn1. The van der Waals surface area contributed by atoms with Crippen LogP contribution < -0.4 is 10.1 Å². The van der Waals surface area contributed by atoms with Gasteiger partial charge in [-0.05, 0) is 43.3 Å². The Bertz CT molecular complexity index is 426. The zero-order valence-electron chi connectivity index (χ0n) is 11.9. The maximum atomic E-state index is 6.12. The fourth-order valence-electron chi connectivity index (χ4n) is 3.06. The number of rotatable bonds is 3. The number of hydrogen-bond acceptors (Lipinski definition) is 5. The van der Waals surface area contributed by atoms with Crippen LogP contribution in [0.1, 0.15) is 25.7 Å². The van der Waals surface area contributed by atoms with Gasteiger partial charge in [0.1, 0.15) is 0 Å². The molecule has 2 saturated heterocycles. The molecular formula is C15H22N2O2S. The molecule has 1 spiro atoms. The summed E-state index contributed by atoms with van der Waals surface area (Å²) in [4.78, 5) is 4.25. The first-order valence-corrected chi connectivity index (χ1v) is 8.43. The van der Waals surface area contributed by atoms with Gasteiger partial charge in [0.25, 0.3) is 0 Å². The average Bonchev–Trinajstić information content (AvgIpc) is 2.49. The van der Waals surface area contributed by atoms with Crippen molar-refractivity contribution in [1.82, 2.24) is 4.98 Å². The van der Waals surface area contributed by atoms with Gasteiger partial charge in [-0.1, -0.05) is 0 Å². The fourth-order valence-corrected chi connectivity index (χ4v) is 4.30. The molecule has 3 heterocycles. The van der Waals surface area contributed by atoms with Crippen LogP contribution in [0.3, 0.4) is 0 Å². The molecule has 2 fully saturated rings. The molecule has 0 saturated carbocycles. The van der Waals surface area contributed by atoms with Crippen LogP contribution in [-0.4, -0.2) is 41.8 Å². The van der Waals surface area contributed by atoms with Crippen LogP contribution in [0.15, 0.2) is 18.3 Å². The second-order valence-electron chi connectivity index (χ2n) is 5.57. The topological polar surface area (TPSA) is 43.4 Å². The minimum absolute atomic E-state index is 0.126. The minimum Gasteiger partial charge on any atom is -0.481 e. The molecular weight excluding hydrogens is 272 g/mol. The summed E-state index contributed by atoms with van der Waals surface area (Å²) in [6, 6.07) is 4.42. The van der Waals surface area contributed by atoms with Gasteiger partial charge in [0.15, 0.2) is 0 Å². The van der Waals surface area contributed by atoms with Crippen molar-refractivity contribution in [1.29, 1.82) is 0 Å². The number of methoxy groups -OCH3 is 1. The quantitative estimate of drug-likeness (QED) is 0.928. The maximum Gasteiger partial charge on any atom is 0.213 e. The highest BCUT2D eigenvalue weighted by Gasteiger charge is 2.38. The highest BCUT2D eigenvalue weighted by atomic mass is 32.2. The zero-order valence-corrected chi connectivity index (χ0v) is 12.7. The highest BCUT2D eigenvalue weighted by Crippen LogP contribution is 2.38. The highest BCUT2D eigenvalue weighted by molar-refractivity contribution is 7.99. The van der Waals surface area contributed by atoms with Crippen LogP contribution in [0.2, 0.25) is 0 Å². The molecule has 1 N–H and O–H groups in total. The summed E-state index contributed by atoms with van der Waals surface area (Å²) in [6.45, 7) is 0.867. The molecule has 0 radical (unpaired) electrons. The standard InChI is InChI=1S/C15H22N2O2S/c1-18-14-3-2-13(11-16-14)17-12-4-7-19-15(10-12)5-8-20-9-6-15/h2-3,11-12,17H,4-10H2,1H3. The Kier molecular flexibility index (Phi) is 4.36. The van der Waals surface area contributed by atoms with E-state index >= 15 is 0 Å². The molecule has 4 nitrogen and oxygen atoms in total. The van der Waals surface area contributed by atoms with E-state index in [0.717, 1.165) is 25.1 Å². The van der Waals surface area contributed by atoms with E-state index in [0.29, 0.717) is 11.9 Å². The molecule has 5 heteroatoms. The largest absolute Gasteiger partial charge is 0.481 e. The van der Waals surface area contributed by atoms with Crippen LogP contribution in [-0.2, 0) is 4.74 Å². The van der Waals surface area contributed by atoms with Crippen molar-refractivity contribution < 1.29 is 9.47 Å². The molecule has 0 amide bonds. The number of nitrogens with zero attached hydrogens (tertiary/aromatic N) is 1. The third kappa shape index (κ3) is 3.20. The summed E-state index contributed by atoms with van der Waals surface area (Å²) in [5, 5.41) is 3.60. The first-order valence-electron chi connectivity index (χ1n) is 7.28. The third-order valence-electron chi connectivity index (χ3n) is 4.21. The lowest BCUT2D eigenvalue weighted by Crippen LogP contribution is -2.46. The van der Waals surface area contributed by atoms with Gasteiger partial charge in [0.2, 0.25) is 5.88 Å². The Morgan fingerprint density at radius 2 is 2.25 bits per heavy atom. The Morgan fingerprint density at radius 3 is 2.95 bits per heavy atom. The maximum absolute atomic E-state index is 6.12. The van der Waals surface area contributed by atoms with Crippen LogP contribution in [0.25, 0.3) is 0 Å². The van der Waals surface area contributed by atoms with E-state index in [9.17, 15) is 0 Å². The lowest BCUT2D eigenvalue weighted by molar-refractivity contribution is -0.0865. The van der Waals surface area contributed by atoms with Crippen LogP contribution in [0.4, 0.5) is 5.69 Å². The Balaban J connectivity index is 1.61. The fraction of sp³-hybridized carbons (Fsp3) is 0.667. The van der Waals surface area contributed by atoms with Crippen molar-refractivity contribution in [2.24, 2.45) is 0 Å². The smallest absolute Gasteiger partial charge is 0.213 e. The van der Waals surface area contributed by atoms with Gasteiger partial charge < -0.3 is 14.8 Å². The lowest BCUT2D eigenvalue weighted by Gasteiger charge is -2.43. The summed E-state index contributed by atoms with van der Waals surface area (Å²) in [7, 11) is 1.64. The van der Waals surface area contributed by atoms with Crippen molar-refractivity contribution in [3.63, 3.8) is 0 Å². The summed E-state index contributed by atoms with van der Waals surface area (Å²) in [5.41, 5.74) is 1.19. The molecule has 20 heavy (non-hydrogen) atoms. The summed E-state index contributed by atoms with van der Waals surface area (Å²) in [5.74, 6) is 3.12. The molecule has 0 bridgehead atoms. The number of aromatic nitrogens is 1. The molecule has 2 aliphatic rings. The van der Waals surface area contributed by atoms with E-state index in [1.807, 2.05) is 30.1 Å². The molecule has 1 aromatic rings. The van der Waals surface area contributed by atoms with E-state index in [2.05, 4.69) is 10.3 Å². The summed E-state index contributed by atoms with van der Waals surface area (Å²) >= 11 is 2.05. The zero-order chi connectivity index (χ0) is 13.8. The van der Waals surface area contributed by atoms with E-state index in [1.54, 1.807) is 7.11 Å². The molecule has 3 rings (SSSR count). The van der Waals surface area contributed by atoms with E-state index in [4.69, 9.17) is 9.47 Å². The number of pyridine rings is 1. The second-order valence-corrected chi connectivity index (χ2v) is 6.79. The normalized spacial score (nSPS) is 25.4. The predicted molar refractivity (Wildman–Crippen MR) is 82.7 cm³/mol. The Morgan fingerprint density at radius 1 is 1.40 bits per heavy atom. The first-order chi connectivity index (χ1) is 9.80. The first kappa shape index (κ1) is 14.0. The number of ether oxygens (including phenoxy) is 2. The molecule has 1 aromatic heterocycles. The van der Waals surface area contributed by atoms with Gasteiger partial charge in [-0.15, -0.1) is 0 Å². The van der Waals surface area contributed by atoms with Crippen molar-refractivity contribution in [2.75, 3.05) is 30.5 Å². The van der Waals surface area contributed by atoms with Crippen molar-refractivity contribution >= 4 is 17.4 Å². The molecule has 2 aliphatic heterocycles. The Hall–Kier alpha value is -0.940. The van der Waals surface area contributed by atoms with Crippen molar-refractivity contribution in [3.8, 4) is 5.88 Å². The second kappa shape index (κ2) is 6.22. The monoisotopic (exact) mass is 294 g/mol. The van der Waals surface area contributed by atoms with Gasteiger partial charge in [-0.3, -0.25) is 0 Å². The van der Waals surface area contributed by atoms with Crippen LogP contribution in [0, 0.1) is 0 Å². The molecule has 0 aromatic carbocycles. The van der Waals surface area contributed by atoms with Crippen LogP contribution in [0.5, 0.6) is 5.88 Å². The summed E-state index contributed by atoms with van der Waals surface area (Å²) < 4.78 is 11.2. The number of nitrogens with one attached hydrogen (secondary N) is 1. The third-order valence-corrected chi connectivity index (χ3v) is 5.20. The van der Waals surface area contributed by atoms with Crippen LogP contribution >= 0.6 is 11.8 Å². The Labute approximate surface area is 124 Å². The van der Waals surface area contributed by atoms with E-state index < -0.39 is 0 Å². The van der Waals surface area contributed by atoms with E-state index in [-0.39, 0.29) is 5.60 Å². The molecule has 0 aliphatic carbocycles. The van der Waals surface area contributed by atoms with Gasteiger partial charge in [-0.25, -0.2) is 4.98 Å². The van der Waals surface area contributed by atoms with Gasteiger partial charge in [0.05, 0.1) is 24.6 Å². The summed E-state index contributed by atoms with van der Waals surface area (Å²) in [6.07, 6.45) is 6.41. The lowest BCUT2D eigenvalue weighted by atomic mass is 9.85. The predicted octanol–water partition coefficient (Wildman–Crippen LogP) is 2.95. The molecule has 110 valence electrons. The van der Waals surface area contributed by atoms with Crippen molar-refractivity contribution in [2.45, 2.75) is 37.3 Å². The van der Waals surface area contributed by atoms with Gasteiger partial charge in [-0.2, -0.15) is 11.8 Å². The van der Waals surface area contributed by atoms with Gasteiger partial charge in [0, 0.05) is 18.7 Å². The number of anilines is 1. The van der Waals surface area contributed by atoms with Gasteiger partial charge >= 0.3 is 0 Å². The van der Waals surface area contributed by atoms with Crippen molar-refractivity contribution in [3.05, 3.63) is 18.3 Å².